The zero-order valence-corrected chi connectivity index (χ0v) is 13.3. The third kappa shape index (κ3) is 2.85. The van der Waals surface area contributed by atoms with Gasteiger partial charge >= 0.3 is 11.8 Å². The number of allylic oxidation sites excluding steroid dienone is 1. The van der Waals surface area contributed by atoms with Crippen molar-refractivity contribution < 1.29 is 17.6 Å². The van der Waals surface area contributed by atoms with E-state index in [4.69, 9.17) is 0 Å². The highest BCUT2D eigenvalue weighted by Gasteiger charge is 2.57. The molecule has 0 heterocycles. The molecule has 3 rings (SSSR count). The maximum absolute atomic E-state index is 13.9. The van der Waals surface area contributed by atoms with Crippen LogP contribution >= 0.6 is 0 Å². The summed E-state index contributed by atoms with van der Waals surface area (Å²) in [4.78, 5) is 0. The van der Waals surface area contributed by atoms with Crippen molar-refractivity contribution in [3.8, 4) is 11.1 Å². The highest BCUT2D eigenvalue weighted by molar-refractivity contribution is 5.71. The summed E-state index contributed by atoms with van der Waals surface area (Å²) >= 11 is 0. The van der Waals surface area contributed by atoms with Crippen molar-refractivity contribution in [3.05, 3.63) is 65.2 Å². The van der Waals surface area contributed by atoms with Gasteiger partial charge in [-0.3, -0.25) is 0 Å². The number of hydrogen-bond donors (Lipinski definition) is 0. The third-order valence-electron chi connectivity index (χ3n) is 4.39. The zero-order valence-electron chi connectivity index (χ0n) is 13.3. The second kappa shape index (κ2) is 6.08. The van der Waals surface area contributed by atoms with Crippen LogP contribution in [0.5, 0.6) is 0 Å². The number of fused-ring (bicyclic) bond motifs is 1. The van der Waals surface area contributed by atoms with Gasteiger partial charge in [-0.25, -0.2) is 0 Å². The summed E-state index contributed by atoms with van der Waals surface area (Å²) in [7, 11) is 0. The maximum Gasteiger partial charge on any atom is 0.339 e. The molecule has 0 amide bonds. The Morgan fingerprint density at radius 1 is 0.875 bits per heavy atom. The number of unbranched alkanes of at least 4 members (excludes halogenated alkanes) is 1. The molecular weight excluding hydrogens is 316 g/mol. The minimum Gasteiger partial charge on any atom is -0.195 e. The average molecular weight is 334 g/mol. The quantitative estimate of drug-likeness (QED) is 0.564. The maximum atomic E-state index is 13.9. The van der Waals surface area contributed by atoms with E-state index in [0.29, 0.717) is 0 Å². The Balaban J connectivity index is 1.92. The molecule has 1 aliphatic carbocycles. The summed E-state index contributed by atoms with van der Waals surface area (Å²) in [6.45, 7) is 2.13. The monoisotopic (exact) mass is 334 g/mol. The first kappa shape index (κ1) is 16.7. The van der Waals surface area contributed by atoms with Gasteiger partial charge < -0.3 is 0 Å². The third-order valence-corrected chi connectivity index (χ3v) is 4.39. The summed E-state index contributed by atoms with van der Waals surface area (Å²) in [5.41, 5.74) is 2.36. The van der Waals surface area contributed by atoms with Crippen LogP contribution in [0.15, 0.2) is 48.5 Å². The van der Waals surface area contributed by atoms with Crippen LogP contribution in [0.3, 0.4) is 0 Å². The van der Waals surface area contributed by atoms with Crippen molar-refractivity contribution in [1.82, 2.24) is 0 Å². The number of benzene rings is 2. The molecule has 0 nitrogen and oxygen atoms in total. The molecule has 4 heteroatoms. The largest absolute Gasteiger partial charge is 0.339 e. The molecule has 0 saturated heterocycles. The highest BCUT2D eigenvalue weighted by Crippen LogP contribution is 2.48. The van der Waals surface area contributed by atoms with Gasteiger partial charge in [-0.15, -0.1) is 0 Å². The van der Waals surface area contributed by atoms with Gasteiger partial charge in [0.05, 0.1) is 0 Å². The molecule has 0 saturated carbocycles. The molecule has 0 radical (unpaired) electrons. The summed E-state index contributed by atoms with van der Waals surface area (Å²) < 4.78 is 54.5. The van der Waals surface area contributed by atoms with Gasteiger partial charge in [-0.1, -0.05) is 55.8 Å². The fourth-order valence-corrected chi connectivity index (χ4v) is 2.89. The van der Waals surface area contributed by atoms with Crippen LogP contribution in [0, 0.1) is 0 Å². The van der Waals surface area contributed by atoms with Crippen molar-refractivity contribution in [1.29, 1.82) is 0 Å². The van der Waals surface area contributed by atoms with E-state index in [0.717, 1.165) is 42.5 Å². The van der Waals surface area contributed by atoms with Crippen LogP contribution < -0.4 is 0 Å². The zero-order chi connectivity index (χ0) is 17.4. The van der Waals surface area contributed by atoms with Gasteiger partial charge in [0, 0.05) is 5.56 Å². The summed E-state index contributed by atoms with van der Waals surface area (Å²) in [6.07, 6.45) is 4.61. The number of rotatable bonds is 4. The van der Waals surface area contributed by atoms with E-state index in [2.05, 4.69) is 6.92 Å². The summed E-state index contributed by atoms with van der Waals surface area (Å²) in [5.74, 6) is -8.33. The molecule has 0 unspecified atom stereocenters. The second-order valence-electron chi connectivity index (χ2n) is 6.13. The fraction of sp³-hybridized carbons (Fsp3) is 0.300. The Labute approximate surface area is 138 Å². The number of hydrogen-bond acceptors (Lipinski definition) is 0. The van der Waals surface area contributed by atoms with Crippen molar-refractivity contribution in [2.24, 2.45) is 0 Å². The molecule has 0 fully saturated rings. The van der Waals surface area contributed by atoms with Gasteiger partial charge in [0.1, 0.15) is 0 Å². The van der Waals surface area contributed by atoms with Gasteiger partial charge in [0.2, 0.25) is 0 Å². The Hall–Kier alpha value is -2.10. The highest BCUT2D eigenvalue weighted by atomic mass is 19.3. The number of alkyl halides is 4. The lowest BCUT2D eigenvalue weighted by molar-refractivity contribution is -0.187. The second-order valence-corrected chi connectivity index (χ2v) is 6.13. The number of halogens is 4. The first-order valence-electron chi connectivity index (χ1n) is 8.04. The molecule has 2 aromatic carbocycles. The Morgan fingerprint density at radius 2 is 1.54 bits per heavy atom. The first-order chi connectivity index (χ1) is 11.3. The van der Waals surface area contributed by atoms with E-state index in [-0.39, 0.29) is 11.6 Å². The van der Waals surface area contributed by atoms with Gasteiger partial charge in [-0.2, -0.15) is 17.6 Å². The Kier molecular flexibility index (Phi) is 4.24. The van der Waals surface area contributed by atoms with E-state index in [1.165, 1.54) is 17.7 Å². The summed E-state index contributed by atoms with van der Waals surface area (Å²) in [5, 5.41) is 0. The molecule has 0 bridgehead atoms. The summed E-state index contributed by atoms with van der Waals surface area (Å²) in [6, 6.07) is 12.0. The van der Waals surface area contributed by atoms with Crippen molar-refractivity contribution in [3.63, 3.8) is 0 Å². The molecule has 0 atom stereocenters. The van der Waals surface area contributed by atoms with Crippen LogP contribution in [-0.2, 0) is 12.3 Å². The lowest BCUT2D eigenvalue weighted by Crippen LogP contribution is -2.38. The van der Waals surface area contributed by atoms with Crippen LogP contribution in [0.2, 0.25) is 0 Å². The molecule has 1 aliphatic rings. The molecule has 0 aliphatic heterocycles. The predicted octanol–water partition coefficient (Wildman–Crippen LogP) is 6.45. The Morgan fingerprint density at radius 3 is 2.21 bits per heavy atom. The molecule has 0 spiro atoms. The minimum atomic E-state index is -4.18. The normalized spacial score (nSPS) is 17.5. The Bertz CT molecular complexity index is 758. The first-order valence-corrected chi connectivity index (χ1v) is 8.04. The smallest absolute Gasteiger partial charge is 0.195 e. The standard InChI is InChI=1S/C20H18F4/c1-2-3-4-14-5-7-15(8-6-14)16-9-10-18-17(13-16)11-12-19(21,22)20(18,23)24/h5-13H,2-4H2,1H3. The van der Waals surface area contributed by atoms with Gasteiger partial charge in [0.15, 0.2) is 0 Å². The topological polar surface area (TPSA) is 0 Å². The van der Waals surface area contributed by atoms with Crippen LogP contribution in [-0.4, -0.2) is 5.92 Å². The molecule has 2 aromatic rings. The van der Waals surface area contributed by atoms with E-state index >= 15 is 0 Å². The van der Waals surface area contributed by atoms with Crippen LogP contribution in [0.1, 0.15) is 36.5 Å². The minimum absolute atomic E-state index is 0.137. The molecule has 0 N–H and O–H groups in total. The number of aryl methyl sites for hydroxylation is 1. The van der Waals surface area contributed by atoms with E-state index in [9.17, 15) is 17.6 Å². The van der Waals surface area contributed by atoms with E-state index in [1.54, 1.807) is 0 Å². The van der Waals surface area contributed by atoms with E-state index in [1.807, 2.05) is 24.3 Å². The van der Waals surface area contributed by atoms with E-state index < -0.39 is 17.4 Å². The molecule has 126 valence electrons. The molecule has 0 aromatic heterocycles. The van der Waals surface area contributed by atoms with Crippen LogP contribution in [0.4, 0.5) is 17.6 Å². The van der Waals surface area contributed by atoms with Crippen LogP contribution in [0.25, 0.3) is 17.2 Å². The predicted molar refractivity (Wildman–Crippen MR) is 88.4 cm³/mol. The van der Waals surface area contributed by atoms with Crippen molar-refractivity contribution in [2.45, 2.75) is 38.0 Å². The molecule has 24 heavy (non-hydrogen) atoms. The SMILES string of the molecule is CCCCc1ccc(-c2ccc3c(c2)C=CC(F)(F)C3(F)F)cc1. The van der Waals surface area contributed by atoms with Crippen molar-refractivity contribution in [2.75, 3.05) is 0 Å². The van der Waals surface area contributed by atoms with Gasteiger partial charge in [0.25, 0.3) is 0 Å². The molecular formula is C20H18F4. The van der Waals surface area contributed by atoms with Crippen molar-refractivity contribution >= 4 is 6.08 Å². The lowest BCUT2D eigenvalue weighted by Gasteiger charge is -2.29. The lowest BCUT2D eigenvalue weighted by atomic mass is 9.88. The van der Waals surface area contributed by atoms with Gasteiger partial charge in [-0.05, 0) is 47.2 Å². The average Bonchev–Trinajstić information content (AvgIpc) is 2.57. The fourth-order valence-electron chi connectivity index (χ4n) is 2.89.